The lowest BCUT2D eigenvalue weighted by molar-refractivity contribution is 1.70. The monoisotopic (exact) mass is 378 g/mol. The van der Waals surface area contributed by atoms with E-state index in [4.69, 9.17) is 0 Å². The maximum atomic E-state index is 2.33. The van der Waals surface area contributed by atoms with E-state index in [9.17, 15) is 0 Å². The third kappa shape index (κ3) is 2.06. The molecule has 0 saturated heterocycles. The fourth-order valence-corrected chi connectivity index (χ4v) is 5.25. The molecule has 0 fully saturated rings. The maximum Gasteiger partial charge on any atom is -0.00141 e. The van der Waals surface area contributed by atoms with Gasteiger partial charge in [-0.25, -0.2) is 0 Å². The first-order chi connectivity index (χ1) is 14.9. The van der Waals surface area contributed by atoms with Crippen LogP contribution in [-0.2, 0) is 0 Å². The fraction of sp³-hybridized carbons (Fsp3) is 0. The predicted octanol–water partition coefficient (Wildman–Crippen LogP) is 8.56. The summed E-state index contributed by atoms with van der Waals surface area (Å²) in [6.07, 6.45) is 0. The molecule has 138 valence electrons. The molecule has 0 aliphatic heterocycles. The summed E-state index contributed by atoms with van der Waals surface area (Å²) in [7, 11) is 0. The average Bonchev–Trinajstić information content (AvgIpc) is 2.81. The van der Waals surface area contributed by atoms with Gasteiger partial charge in [-0.05, 0) is 71.1 Å². The summed E-state index contributed by atoms with van der Waals surface area (Å²) in [4.78, 5) is 0. The molecule has 0 heteroatoms. The van der Waals surface area contributed by atoms with Gasteiger partial charge in [-0.1, -0.05) is 103 Å². The van der Waals surface area contributed by atoms with Crippen LogP contribution in [0.5, 0.6) is 0 Å². The highest BCUT2D eigenvalue weighted by Gasteiger charge is 2.16. The van der Waals surface area contributed by atoms with Crippen LogP contribution in [0.25, 0.3) is 65.0 Å². The highest BCUT2D eigenvalue weighted by molar-refractivity contribution is 6.35. The van der Waals surface area contributed by atoms with Crippen LogP contribution < -0.4 is 0 Å². The Morgan fingerprint density at radius 2 is 0.933 bits per heavy atom. The molecule has 0 aliphatic carbocycles. The van der Waals surface area contributed by atoms with E-state index in [1.54, 1.807) is 0 Å². The van der Waals surface area contributed by atoms with Crippen molar-refractivity contribution in [2.75, 3.05) is 0 Å². The van der Waals surface area contributed by atoms with Gasteiger partial charge in [0.25, 0.3) is 0 Å². The summed E-state index contributed by atoms with van der Waals surface area (Å²) < 4.78 is 0. The van der Waals surface area contributed by atoms with Crippen LogP contribution in [0.3, 0.4) is 0 Å². The minimum atomic E-state index is 1.27. The van der Waals surface area contributed by atoms with E-state index in [-0.39, 0.29) is 0 Å². The Balaban J connectivity index is 1.74. The molecule has 0 atom stereocenters. The van der Waals surface area contributed by atoms with Crippen LogP contribution in [0, 0.1) is 0 Å². The Morgan fingerprint density at radius 3 is 1.73 bits per heavy atom. The first kappa shape index (κ1) is 16.0. The molecule has 0 aromatic heterocycles. The standard InChI is InChI=1S/C30H18/c1-2-7-22-18-23(15-14-19(22)6-1)24-17-16-21-10-4-12-26-25-11-3-8-20-9-5-13-27(28(20)25)30(24)29(21)26/h1-18H. The summed E-state index contributed by atoms with van der Waals surface area (Å²) in [6, 6.07) is 40.1. The van der Waals surface area contributed by atoms with Crippen LogP contribution >= 0.6 is 0 Å². The molecule has 0 saturated carbocycles. The van der Waals surface area contributed by atoms with Crippen LogP contribution in [-0.4, -0.2) is 0 Å². The Labute approximate surface area is 174 Å². The molecule has 30 heavy (non-hydrogen) atoms. The van der Waals surface area contributed by atoms with Gasteiger partial charge in [0.05, 0.1) is 0 Å². The van der Waals surface area contributed by atoms with Gasteiger partial charge in [-0.15, -0.1) is 0 Å². The number of hydrogen-bond donors (Lipinski definition) is 0. The zero-order valence-corrected chi connectivity index (χ0v) is 16.4. The minimum absolute atomic E-state index is 1.27. The molecule has 0 amide bonds. The van der Waals surface area contributed by atoms with Gasteiger partial charge < -0.3 is 0 Å². The van der Waals surface area contributed by atoms with E-state index in [0.29, 0.717) is 0 Å². The average molecular weight is 378 g/mol. The minimum Gasteiger partial charge on any atom is -0.0616 e. The molecule has 7 aromatic rings. The van der Waals surface area contributed by atoms with Gasteiger partial charge in [0, 0.05) is 0 Å². The van der Waals surface area contributed by atoms with E-state index in [0.717, 1.165) is 0 Å². The van der Waals surface area contributed by atoms with E-state index in [1.807, 2.05) is 0 Å². The zero-order chi connectivity index (χ0) is 19.7. The lowest BCUT2D eigenvalue weighted by Crippen LogP contribution is -1.90. The summed E-state index contributed by atoms with van der Waals surface area (Å²) in [5.41, 5.74) is 2.58. The zero-order valence-electron chi connectivity index (χ0n) is 16.4. The Hall–Kier alpha value is -3.90. The van der Waals surface area contributed by atoms with Crippen molar-refractivity contribution >= 4 is 53.9 Å². The second-order valence-corrected chi connectivity index (χ2v) is 8.16. The van der Waals surface area contributed by atoms with E-state index in [1.165, 1.54) is 65.0 Å². The molecule has 0 unspecified atom stereocenters. The highest BCUT2D eigenvalue weighted by Crippen LogP contribution is 2.44. The lowest BCUT2D eigenvalue weighted by atomic mass is 9.86. The van der Waals surface area contributed by atoms with Crippen LogP contribution in [0.2, 0.25) is 0 Å². The Kier molecular flexibility index (Phi) is 3.09. The molecular weight excluding hydrogens is 360 g/mol. The Morgan fingerprint density at radius 1 is 0.333 bits per heavy atom. The van der Waals surface area contributed by atoms with Gasteiger partial charge in [-0.3, -0.25) is 0 Å². The number of fused-ring (bicyclic) bond motifs is 3. The molecule has 0 N–H and O–H groups in total. The molecule has 0 aliphatic rings. The van der Waals surface area contributed by atoms with E-state index >= 15 is 0 Å². The van der Waals surface area contributed by atoms with Crippen molar-refractivity contribution in [2.24, 2.45) is 0 Å². The molecule has 0 nitrogen and oxygen atoms in total. The van der Waals surface area contributed by atoms with Crippen molar-refractivity contribution in [1.29, 1.82) is 0 Å². The normalized spacial score (nSPS) is 12.0. The van der Waals surface area contributed by atoms with Gasteiger partial charge in [0.1, 0.15) is 0 Å². The number of hydrogen-bond acceptors (Lipinski definition) is 0. The maximum absolute atomic E-state index is 2.33. The van der Waals surface area contributed by atoms with Crippen LogP contribution in [0.1, 0.15) is 0 Å². The second kappa shape index (κ2) is 5.81. The molecule has 0 bridgehead atoms. The van der Waals surface area contributed by atoms with Crippen molar-refractivity contribution in [2.45, 2.75) is 0 Å². The third-order valence-electron chi connectivity index (χ3n) is 6.57. The molecule has 0 spiro atoms. The highest BCUT2D eigenvalue weighted by atomic mass is 14.2. The summed E-state index contributed by atoms with van der Waals surface area (Å²) in [5.74, 6) is 0. The van der Waals surface area contributed by atoms with Gasteiger partial charge in [0.2, 0.25) is 0 Å². The fourth-order valence-electron chi connectivity index (χ4n) is 5.25. The molecular formula is C30H18. The van der Waals surface area contributed by atoms with Gasteiger partial charge in [-0.2, -0.15) is 0 Å². The molecule has 0 heterocycles. The third-order valence-corrected chi connectivity index (χ3v) is 6.57. The predicted molar refractivity (Wildman–Crippen MR) is 131 cm³/mol. The van der Waals surface area contributed by atoms with E-state index < -0.39 is 0 Å². The van der Waals surface area contributed by atoms with Crippen LogP contribution in [0.4, 0.5) is 0 Å². The van der Waals surface area contributed by atoms with Crippen LogP contribution in [0.15, 0.2) is 109 Å². The number of rotatable bonds is 1. The topological polar surface area (TPSA) is 0 Å². The second-order valence-electron chi connectivity index (χ2n) is 8.16. The van der Waals surface area contributed by atoms with Crippen molar-refractivity contribution in [3.63, 3.8) is 0 Å². The summed E-state index contributed by atoms with van der Waals surface area (Å²) >= 11 is 0. The first-order valence-electron chi connectivity index (χ1n) is 10.5. The van der Waals surface area contributed by atoms with Crippen molar-refractivity contribution in [3.05, 3.63) is 109 Å². The van der Waals surface area contributed by atoms with Crippen molar-refractivity contribution in [1.82, 2.24) is 0 Å². The summed E-state index contributed by atoms with van der Waals surface area (Å²) in [6.45, 7) is 0. The molecule has 7 rings (SSSR count). The lowest BCUT2D eigenvalue weighted by Gasteiger charge is -2.17. The SMILES string of the molecule is c1ccc2cc(-c3ccc4cccc5c6cccc7cccc(c3c45)c76)ccc2c1. The van der Waals surface area contributed by atoms with E-state index in [2.05, 4.69) is 109 Å². The van der Waals surface area contributed by atoms with Gasteiger partial charge >= 0.3 is 0 Å². The largest absolute Gasteiger partial charge is 0.0616 e. The summed E-state index contributed by atoms with van der Waals surface area (Å²) in [5, 5.41) is 13.3. The molecule has 7 aromatic carbocycles. The van der Waals surface area contributed by atoms with Gasteiger partial charge in [0.15, 0.2) is 0 Å². The van der Waals surface area contributed by atoms with Crippen molar-refractivity contribution < 1.29 is 0 Å². The smallest absolute Gasteiger partial charge is 0.00141 e. The molecule has 0 radical (unpaired) electrons. The number of benzene rings is 7. The Bertz CT molecular complexity index is 1730. The van der Waals surface area contributed by atoms with Crippen molar-refractivity contribution in [3.8, 4) is 11.1 Å². The quantitative estimate of drug-likeness (QED) is 0.198. The first-order valence-corrected chi connectivity index (χ1v) is 10.5.